The predicted molar refractivity (Wildman–Crippen MR) is 273 cm³/mol. The van der Waals surface area contributed by atoms with Crippen LogP contribution in [0.2, 0.25) is 0 Å². The van der Waals surface area contributed by atoms with E-state index in [9.17, 15) is 19.8 Å². The number of carbonyl (C=O) groups is 2. The molecule has 0 aromatic carbocycles. The van der Waals surface area contributed by atoms with Crippen molar-refractivity contribution in [1.29, 1.82) is 0 Å². The number of hydrogen-bond donors (Lipinski definition) is 3. The average Bonchev–Trinajstić information content (AvgIpc) is 3.28. The smallest absolute Gasteiger partial charge is 0.306 e. The summed E-state index contributed by atoms with van der Waals surface area (Å²) in [4.78, 5) is 26.2. The highest BCUT2D eigenvalue weighted by molar-refractivity contribution is 5.77. The van der Waals surface area contributed by atoms with Crippen molar-refractivity contribution in [2.45, 2.75) is 309 Å². The number of amides is 1. The lowest BCUT2D eigenvalue weighted by atomic mass is 10.0. The maximum absolute atomic E-state index is 13.2. The summed E-state index contributed by atoms with van der Waals surface area (Å²) >= 11 is 0. The predicted octanol–water partition coefficient (Wildman–Crippen LogP) is 16.8. The number of carbonyl (C=O) groups excluding carboxylic acids is 2. The van der Waals surface area contributed by atoms with Crippen molar-refractivity contribution in [3.05, 3.63) is 36.5 Å². The molecule has 6 nitrogen and oxygen atoms in total. The third kappa shape index (κ3) is 46.4. The number of nitrogens with one attached hydrogen (secondary N) is 1. The first-order valence-corrected chi connectivity index (χ1v) is 27.7. The van der Waals surface area contributed by atoms with Crippen LogP contribution in [0.4, 0.5) is 0 Å². The first-order chi connectivity index (χ1) is 31.0. The first kappa shape index (κ1) is 61.1. The number of aliphatic hydroxyl groups is 2. The van der Waals surface area contributed by atoms with Crippen LogP contribution in [0.3, 0.4) is 0 Å². The van der Waals surface area contributed by atoms with E-state index in [1.807, 2.05) is 0 Å². The molecule has 1 amide bonds. The maximum atomic E-state index is 13.2. The second-order valence-corrected chi connectivity index (χ2v) is 19.0. The first-order valence-electron chi connectivity index (χ1n) is 27.7. The van der Waals surface area contributed by atoms with Gasteiger partial charge in [-0.1, -0.05) is 243 Å². The average molecular weight is 886 g/mol. The summed E-state index contributed by atoms with van der Waals surface area (Å²) in [6.07, 6.45) is 60.7. The molecule has 0 rings (SSSR count). The van der Waals surface area contributed by atoms with Crippen LogP contribution in [0.1, 0.15) is 290 Å². The summed E-state index contributed by atoms with van der Waals surface area (Å²) < 4.78 is 5.92. The number of allylic oxidation sites excluding steroid dienone is 6. The van der Waals surface area contributed by atoms with E-state index in [-0.39, 0.29) is 24.9 Å². The Kier molecular flexibility index (Phi) is 49.5. The highest BCUT2D eigenvalue weighted by Gasteiger charge is 2.24. The van der Waals surface area contributed by atoms with E-state index in [0.717, 1.165) is 70.6 Å². The Morgan fingerprint density at radius 2 is 0.825 bits per heavy atom. The van der Waals surface area contributed by atoms with Crippen LogP contribution in [0.5, 0.6) is 0 Å². The second kappa shape index (κ2) is 51.1. The van der Waals surface area contributed by atoms with Crippen molar-refractivity contribution >= 4 is 11.9 Å². The summed E-state index contributed by atoms with van der Waals surface area (Å²) in [7, 11) is 0. The zero-order valence-electron chi connectivity index (χ0n) is 42.2. The Morgan fingerprint density at radius 3 is 1.25 bits per heavy atom. The molecule has 3 N–H and O–H groups in total. The molecule has 0 aliphatic heterocycles. The maximum Gasteiger partial charge on any atom is 0.306 e. The van der Waals surface area contributed by atoms with Crippen LogP contribution in [-0.2, 0) is 14.3 Å². The van der Waals surface area contributed by atoms with E-state index in [1.165, 1.54) is 173 Å². The third-order valence-electron chi connectivity index (χ3n) is 12.7. The lowest BCUT2D eigenvalue weighted by Crippen LogP contribution is -2.46. The van der Waals surface area contributed by atoms with Crippen LogP contribution < -0.4 is 5.32 Å². The molecule has 0 radical (unpaired) electrons. The fraction of sp³-hybridized carbons (Fsp3) is 0.860. The van der Waals surface area contributed by atoms with Crippen molar-refractivity contribution < 1.29 is 24.5 Å². The number of hydrogen-bond acceptors (Lipinski definition) is 5. The molecule has 3 atom stereocenters. The number of unbranched alkanes of at least 4 members (excludes halogenated alkanes) is 33. The van der Waals surface area contributed by atoms with E-state index >= 15 is 0 Å². The molecule has 0 saturated heterocycles. The number of aliphatic hydroxyl groups excluding tert-OH is 2. The molecular formula is C57H107NO5. The molecule has 6 heteroatoms. The molecule has 370 valence electrons. The minimum absolute atomic E-state index is 0.0530. The molecule has 0 aromatic rings. The van der Waals surface area contributed by atoms with Crippen molar-refractivity contribution in [2.24, 2.45) is 0 Å². The zero-order chi connectivity index (χ0) is 45.9. The SMILES string of the molecule is CCCCCCCCC/C=C\CCCC(CC(=O)NC(CO)C(O)CCCCCCCCCCCCCCCC)OC(=O)CCCCCCC/C=C/C=C/CCCCCCCCC. The van der Waals surface area contributed by atoms with E-state index in [0.29, 0.717) is 19.3 Å². The van der Waals surface area contributed by atoms with Gasteiger partial charge >= 0.3 is 5.97 Å². The number of esters is 1. The van der Waals surface area contributed by atoms with Gasteiger partial charge in [-0.2, -0.15) is 0 Å². The molecule has 0 heterocycles. The summed E-state index contributed by atoms with van der Waals surface area (Å²) in [6.45, 7) is 6.48. The van der Waals surface area contributed by atoms with Gasteiger partial charge in [-0.3, -0.25) is 9.59 Å². The van der Waals surface area contributed by atoms with Gasteiger partial charge in [0.1, 0.15) is 6.10 Å². The minimum Gasteiger partial charge on any atom is -0.462 e. The molecule has 0 aliphatic rings. The molecule has 0 spiro atoms. The molecular weight excluding hydrogens is 779 g/mol. The molecule has 0 aromatic heterocycles. The van der Waals surface area contributed by atoms with Gasteiger partial charge < -0.3 is 20.3 Å². The van der Waals surface area contributed by atoms with Crippen LogP contribution >= 0.6 is 0 Å². The monoisotopic (exact) mass is 886 g/mol. The summed E-state index contributed by atoms with van der Waals surface area (Å²) in [6, 6.07) is -0.711. The van der Waals surface area contributed by atoms with E-state index in [4.69, 9.17) is 4.74 Å². The van der Waals surface area contributed by atoms with Crippen molar-refractivity contribution in [3.8, 4) is 0 Å². The Labute approximate surface area is 392 Å². The lowest BCUT2D eigenvalue weighted by Gasteiger charge is -2.24. The molecule has 0 bridgehead atoms. The van der Waals surface area contributed by atoms with Crippen molar-refractivity contribution in [1.82, 2.24) is 5.32 Å². The van der Waals surface area contributed by atoms with E-state index in [2.05, 4.69) is 62.5 Å². The second-order valence-electron chi connectivity index (χ2n) is 19.0. The number of rotatable bonds is 50. The summed E-state index contributed by atoms with van der Waals surface area (Å²) in [5.74, 6) is -0.510. The summed E-state index contributed by atoms with van der Waals surface area (Å²) in [5, 5.41) is 23.8. The van der Waals surface area contributed by atoms with Gasteiger partial charge in [0.2, 0.25) is 5.91 Å². The van der Waals surface area contributed by atoms with Crippen LogP contribution in [0.25, 0.3) is 0 Å². The molecule has 63 heavy (non-hydrogen) atoms. The Bertz CT molecular complexity index is 1040. The number of ether oxygens (including phenoxy) is 1. The van der Waals surface area contributed by atoms with Crippen LogP contribution in [-0.4, -0.2) is 46.9 Å². The Balaban J connectivity index is 4.55. The van der Waals surface area contributed by atoms with Crippen molar-refractivity contribution in [3.63, 3.8) is 0 Å². The fourth-order valence-corrected chi connectivity index (χ4v) is 8.48. The van der Waals surface area contributed by atoms with Gasteiger partial charge in [0, 0.05) is 6.42 Å². The van der Waals surface area contributed by atoms with E-state index in [1.54, 1.807) is 0 Å². The van der Waals surface area contributed by atoms with Gasteiger partial charge in [-0.15, -0.1) is 0 Å². The zero-order valence-corrected chi connectivity index (χ0v) is 42.2. The molecule has 0 fully saturated rings. The largest absolute Gasteiger partial charge is 0.462 e. The fourth-order valence-electron chi connectivity index (χ4n) is 8.48. The summed E-state index contributed by atoms with van der Waals surface area (Å²) in [5.41, 5.74) is 0. The van der Waals surface area contributed by atoms with Gasteiger partial charge in [0.15, 0.2) is 0 Å². The van der Waals surface area contributed by atoms with Gasteiger partial charge in [0.25, 0.3) is 0 Å². The van der Waals surface area contributed by atoms with Gasteiger partial charge in [0.05, 0.1) is 25.2 Å². The van der Waals surface area contributed by atoms with Gasteiger partial charge in [-0.05, 0) is 70.6 Å². The minimum atomic E-state index is -0.795. The Morgan fingerprint density at radius 1 is 0.460 bits per heavy atom. The van der Waals surface area contributed by atoms with Gasteiger partial charge in [-0.25, -0.2) is 0 Å². The lowest BCUT2D eigenvalue weighted by molar-refractivity contribution is -0.151. The normalized spacial score (nSPS) is 13.4. The highest BCUT2D eigenvalue weighted by Crippen LogP contribution is 2.17. The molecule has 0 aliphatic carbocycles. The topological polar surface area (TPSA) is 95.9 Å². The van der Waals surface area contributed by atoms with Crippen molar-refractivity contribution in [2.75, 3.05) is 6.61 Å². The van der Waals surface area contributed by atoms with E-state index < -0.39 is 18.2 Å². The Hall–Kier alpha value is -1.92. The van der Waals surface area contributed by atoms with Crippen LogP contribution in [0, 0.1) is 0 Å². The standard InChI is InChI=1S/C57H107NO5/c1-4-7-10-13-16-19-22-25-27-28-29-30-32-35-38-41-44-47-50-57(62)63-53(48-45-42-39-36-33-24-21-18-15-12-9-6-3)51-56(61)58-54(52-59)55(60)49-46-43-40-37-34-31-26-23-20-17-14-11-8-5-2/h27-30,36,39,53-55,59-60H,4-26,31-35,37-38,40-52H2,1-3H3,(H,58,61)/b28-27+,30-29+,39-36-. The van der Waals surface area contributed by atoms with Crippen LogP contribution in [0.15, 0.2) is 36.5 Å². The highest BCUT2D eigenvalue weighted by atomic mass is 16.5. The molecule has 0 saturated carbocycles. The quantitative estimate of drug-likeness (QED) is 0.0245. The molecule has 3 unspecified atom stereocenters. The third-order valence-corrected chi connectivity index (χ3v) is 12.7.